The van der Waals surface area contributed by atoms with Crippen LogP contribution >= 0.6 is 7.14 Å². The van der Waals surface area contributed by atoms with E-state index in [4.69, 9.17) is 4.98 Å². The lowest BCUT2D eigenvalue weighted by atomic mass is 9.89. The highest BCUT2D eigenvalue weighted by Gasteiger charge is 2.30. The second kappa shape index (κ2) is 11.5. The summed E-state index contributed by atoms with van der Waals surface area (Å²) in [5.74, 6) is 0. The summed E-state index contributed by atoms with van der Waals surface area (Å²) in [4.78, 5) is 5.43. The number of fused-ring (bicyclic) bond motifs is 8. The number of nitrogens with zero attached hydrogens (tertiary/aromatic N) is 1. The van der Waals surface area contributed by atoms with E-state index in [2.05, 4.69) is 109 Å². The van der Waals surface area contributed by atoms with Crippen LogP contribution in [0, 0.1) is 0 Å². The van der Waals surface area contributed by atoms with Crippen molar-refractivity contribution in [2.24, 2.45) is 0 Å². The van der Waals surface area contributed by atoms with Gasteiger partial charge >= 0.3 is 0 Å². The minimum Gasteiger partial charge on any atom is -0.309 e. The zero-order valence-corrected chi connectivity index (χ0v) is 27.0. The molecule has 0 aliphatic heterocycles. The molecule has 0 bridgehead atoms. The minimum atomic E-state index is -3.12. The molecule has 0 aliphatic carbocycles. The normalized spacial score (nSPS) is 11.8. The van der Waals surface area contributed by atoms with Crippen LogP contribution < -0.4 is 15.9 Å². The van der Waals surface area contributed by atoms with Crippen LogP contribution in [0.4, 0.5) is 0 Å². The molecule has 9 aromatic rings. The topological polar surface area (TPSA) is 30.0 Å². The van der Waals surface area contributed by atoms with Gasteiger partial charge in [-0.1, -0.05) is 170 Å². The summed E-state index contributed by atoms with van der Waals surface area (Å²) >= 11 is 0. The second-order valence-electron chi connectivity index (χ2n) is 12.2. The van der Waals surface area contributed by atoms with E-state index in [1.165, 1.54) is 32.3 Å². The zero-order valence-electron chi connectivity index (χ0n) is 26.1. The van der Waals surface area contributed by atoms with Gasteiger partial charge in [-0.15, -0.1) is 0 Å². The van der Waals surface area contributed by atoms with Gasteiger partial charge in [0, 0.05) is 37.6 Å². The molecule has 0 aliphatic rings. The Labute approximate surface area is 279 Å². The molecule has 0 unspecified atom stereocenters. The van der Waals surface area contributed by atoms with Crippen LogP contribution in [0.2, 0.25) is 0 Å². The van der Waals surface area contributed by atoms with Crippen molar-refractivity contribution in [3.05, 3.63) is 182 Å². The molecule has 0 N–H and O–H groups in total. The van der Waals surface area contributed by atoms with Gasteiger partial charge in [0.1, 0.15) is 0 Å². The average Bonchev–Trinajstić information content (AvgIpc) is 3.18. The standard InChI is InChI=1S/C45H30NOP/c47-48(34-18-6-2-7-19-34,35-20-8-3-9-21-35)36-22-14-17-32(29-36)33-27-28-41-42(30-33)46-45(31-15-4-1-5-16-31)44-40-26-13-11-24-38(40)37-23-10-12-25-39(37)43(41)44/h1-30H. The Morgan fingerprint density at radius 3 is 1.46 bits per heavy atom. The molecule has 1 heterocycles. The number of hydrogen-bond acceptors (Lipinski definition) is 2. The van der Waals surface area contributed by atoms with Crippen molar-refractivity contribution in [2.75, 3.05) is 0 Å². The van der Waals surface area contributed by atoms with Crippen molar-refractivity contribution in [2.45, 2.75) is 0 Å². The highest BCUT2D eigenvalue weighted by Crippen LogP contribution is 2.45. The first kappa shape index (κ1) is 28.4. The fourth-order valence-electron chi connectivity index (χ4n) is 7.27. The Kier molecular flexibility index (Phi) is 6.78. The lowest BCUT2D eigenvalue weighted by molar-refractivity contribution is 0.592. The molecular formula is C45H30NOP. The van der Waals surface area contributed by atoms with E-state index in [-0.39, 0.29) is 0 Å². The van der Waals surface area contributed by atoms with E-state index >= 15 is 4.57 Å². The fourth-order valence-corrected chi connectivity index (χ4v) is 9.96. The van der Waals surface area contributed by atoms with Crippen LogP contribution in [-0.2, 0) is 4.57 Å². The Morgan fingerprint density at radius 2 is 0.833 bits per heavy atom. The van der Waals surface area contributed by atoms with Gasteiger partial charge in [-0.25, -0.2) is 4.98 Å². The van der Waals surface area contributed by atoms with Gasteiger partial charge in [-0.3, -0.25) is 0 Å². The van der Waals surface area contributed by atoms with Crippen molar-refractivity contribution in [1.82, 2.24) is 4.98 Å². The first-order valence-corrected chi connectivity index (χ1v) is 18.0. The first-order valence-electron chi connectivity index (χ1n) is 16.2. The molecule has 1 aromatic heterocycles. The third-order valence-electron chi connectivity index (χ3n) is 9.50. The highest BCUT2D eigenvalue weighted by atomic mass is 31.2. The molecule has 3 heteroatoms. The predicted octanol–water partition coefficient (Wildman–Crippen LogP) is 10.7. The van der Waals surface area contributed by atoms with E-state index in [1.54, 1.807) is 0 Å². The van der Waals surface area contributed by atoms with E-state index in [0.717, 1.165) is 49.2 Å². The van der Waals surface area contributed by atoms with Crippen LogP contribution in [0.3, 0.4) is 0 Å². The SMILES string of the molecule is O=P(c1ccccc1)(c1ccccc1)c1cccc(-c2ccc3c(c2)nc(-c2ccccc2)c2c4ccccc4c4ccccc4c32)c1. The first-order chi connectivity index (χ1) is 23.7. The molecule has 8 aromatic carbocycles. The number of pyridine rings is 1. The maximum atomic E-state index is 15.2. The third kappa shape index (κ3) is 4.49. The van der Waals surface area contributed by atoms with E-state index in [9.17, 15) is 0 Å². The molecule has 0 atom stereocenters. The van der Waals surface area contributed by atoms with Crippen molar-refractivity contribution in [3.8, 4) is 22.4 Å². The molecule has 0 fully saturated rings. The summed E-state index contributed by atoms with van der Waals surface area (Å²) in [5.41, 5.74) is 5.03. The van der Waals surface area contributed by atoms with Gasteiger partial charge in [-0.2, -0.15) is 0 Å². The van der Waals surface area contributed by atoms with E-state index in [0.29, 0.717) is 0 Å². The smallest absolute Gasteiger partial charge is 0.171 e. The predicted molar refractivity (Wildman–Crippen MR) is 205 cm³/mol. The molecule has 0 saturated heterocycles. The highest BCUT2D eigenvalue weighted by molar-refractivity contribution is 7.85. The molecule has 226 valence electrons. The number of rotatable bonds is 5. The fraction of sp³-hybridized carbons (Fsp3) is 0. The van der Waals surface area contributed by atoms with Crippen molar-refractivity contribution >= 4 is 66.3 Å². The molecule has 0 spiro atoms. The van der Waals surface area contributed by atoms with E-state index in [1.807, 2.05) is 72.8 Å². The Hall–Kier alpha value is -5.82. The molecule has 9 rings (SSSR count). The van der Waals surface area contributed by atoms with Gasteiger partial charge in [0.15, 0.2) is 7.14 Å². The minimum absolute atomic E-state index is 0.811. The van der Waals surface area contributed by atoms with Crippen LogP contribution in [0.1, 0.15) is 0 Å². The van der Waals surface area contributed by atoms with Crippen molar-refractivity contribution in [1.29, 1.82) is 0 Å². The molecular weight excluding hydrogens is 601 g/mol. The maximum Gasteiger partial charge on any atom is 0.171 e. The van der Waals surface area contributed by atoms with Crippen molar-refractivity contribution < 1.29 is 4.57 Å². The summed E-state index contributed by atoms with van der Waals surface area (Å²) in [6.45, 7) is 0. The number of aromatic nitrogens is 1. The largest absolute Gasteiger partial charge is 0.309 e. The molecule has 48 heavy (non-hydrogen) atoms. The van der Waals surface area contributed by atoms with Crippen LogP contribution in [0.25, 0.3) is 65.6 Å². The lowest BCUT2D eigenvalue weighted by Crippen LogP contribution is -2.25. The average molecular weight is 632 g/mol. The van der Waals surface area contributed by atoms with Gasteiger partial charge in [-0.05, 0) is 44.8 Å². The second-order valence-corrected chi connectivity index (χ2v) is 15.0. The number of hydrogen-bond donors (Lipinski definition) is 0. The Balaban J connectivity index is 1.31. The van der Waals surface area contributed by atoms with E-state index < -0.39 is 7.14 Å². The van der Waals surface area contributed by atoms with Crippen LogP contribution in [0.15, 0.2) is 182 Å². The number of benzene rings is 8. The third-order valence-corrected chi connectivity index (χ3v) is 12.6. The summed E-state index contributed by atoms with van der Waals surface area (Å²) in [6, 6.07) is 62.4. The summed E-state index contributed by atoms with van der Waals surface area (Å²) < 4.78 is 15.2. The van der Waals surface area contributed by atoms with Gasteiger partial charge < -0.3 is 4.57 Å². The molecule has 0 saturated carbocycles. The monoisotopic (exact) mass is 631 g/mol. The van der Waals surface area contributed by atoms with Gasteiger partial charge in [0.2, 0.25) is 0 Å². The van der Waals surface area contributed by atoms with Gasteiger partial charge in [0.05, 0.1) is 11.2 Å². The zero-order chi connectivity index (χ0) is 32.1. The molecule has 0 amide bonds. The molecule has 0 radical (unpaired) electrons. The summed E-state index contributed by atoms with van der Waals surface area (Å²) in [7, 11) is -3.12. The van der Waals surface area contributed by atoms with Crippen LogP contribution in [0.5, 0.6) is 0 Å². The quantitative estimate of drug-likeness (QED) is 0.140. The van der Waals surface area contributed by atoms with Gasteiger partial charge in [0.25, 0.3) is 0 Å². The van der Waals surface area contributed by atoms with Crippen LogP contribution in [-0.4, -0.2) is 4.98 Å². The Morgan fingerprint density at radius 1 is 0.354 bits per heavy atom. The maximum absolute atomic E-state index is 15.2. The summed E-state index contributed by atoms with van der Waals surface area (Å²) in [5, 5.41) is 10.9. The summed E-state index contributed by atoms with van der Waals surface area (Å²) in [6.07, 6.45) is 0. The van der Waals surface area contributed by atoms with Crippen molar-refractivity contribution in [3.63, 3.8) is 0 Å². The molecule has 2 nitrogen and oxygen atoms in total. The lowest BCUT2D eigenvalue weighted by Gasteiger charge is -2.21. The Bertz CT molecular complexity index is 2640.